The molecule has 1 aliphatic rings. The van der Waals surface area contributed by atoms with Gasteiger partial charge in [0, 0.05) is 0 Å². The van der Waals surface area contributed by atoms with Crippen LogP contribution in [0.1, 0.15) is 38.5 Å². The maximum Gasteiger partial charge on any atom is -0.0166 e. The molecule has 0 saturated carbocycles. The Bertz CT molecular complexity index is 228. The summed E-state index contributed by atoms with van der Waals surface area (Å²) in [6.07, 6.45) is 25.0. The molecule has 14 heavy (non-hydrogen) atoms. The van der Waals surface area contributed by atoms with E-state index in [0.29, 0.717) is 0 Å². The fraction of sp³-hybridized carbons (Fsp3) is 0.429. The molecule has 0 saturated heterocycles. The minimum Gasteiger partial charge on any atom is -0.0882 e. The Morgan fingerprint density at radius 1 is 0.500 bits per heavy atom. The average Bonchev–Trinajstić information content (AvgIpc) is 2.22. The standard InChI is InChI=1S/C14H20/c1-2-4-6-8-10-12-14-13-11-9-7-5-3-1/h1-4,7,9,13-14H,5-6,8,10-12H2/b3-1-,4-2+,9-7+,14-13+. The van der Waals surface area contributed by atoms with Crippen LogP contribution < -0.4 is 0 Å². The molecule has 0 heteroatoms. The molecule has 1 rings (SSSR count). The highest BCUT2D eigenvalue weighted by molar-refractivity contribution is 5.05. The van der Waals surface area contributed by atoms with Crippen molar-refractivity contribution >= 4 is 0 Å². The van der Waals surface area contributed by atoms with Gasteiger partial charge in [-0.2, -0.15) is 0 Å². The normalized spacial score (nSPS) is 28.6. The summed E-state index contributed by atoms with van der Waals surface area (Å²) in [7, 11) is 0. The third kappa shape index (κ3) is 6.47. The average molecular weight is 188 g/mol. The van der Waals surface area contributed by atoms with Gasteiger partial charge < -0.3 is 0 Å². The molecule has 0 unspecified atom stereocenters. The van der Waals surface area contributed by atoms with Gasteiger partial charge in [-0.15, -0.1) is 0 Å². The van der Waals surface area contributed by atoms with E-state index in [1.54, 1.807) is 0 Å². The van der Waals surface area contributed by atoms with E-state index in [0.717, 1.165) is 12.8 Å². The predicted molar refractivity (Wildman–Crippen MR) is 64.3 cm³/mol. The molecule has 0 bridgehead atoms. The fourth-order valence-electron chi connectivity index (χ4n) is 1.42. The Hall–Kier alpha value is -1.04. The van der Waals surface area contributed by atoms with Crippen LogP contribution >= 0.6 is 0 Å². The second-order valence-corrected chi connectivity index (χ2v) is 3.55. The molecular weight excluding hydrogens is 168 g/mol. The molecule has 0 aromatic heterocycles. The smallest absolute Gasteiger partial charge is 0.0166 e. The van der Waals surface area contributed by atoms with Crippen molar-refractivity contribution in [3.63, 3.8) is 0 Å². The minimum absolute atomic E-state index is 1.05. The van der Waals surface area contributed by atoms with E-state index in [-0.39, 0.29) is 0 Å². The van der Waals surface area contributed by atoms with Crippen molar-refractivity contribution in [3.05, 3.63) is 48.6 Å². The molecule has 1 aliphatic carbocycles. The third-order valence-corrected chi connectivity index (χ3v) is 2.25. The van der Waals surface area contributed by atoms with Crippen LogP contribution in [0, 0.1) is 0 Å². The SMILES string of the molecule is C1=C\C/C=C/C/C=C/CCCC/C=C/1. The first-order valence-corrected chi connectivity index (χ1v) is 5.62. The van der Waals surface area contributed by atoms with E-state index in [2.05, 4.69) is 48.6 Å². The molecule has 0 amide bonds. The quantitative estimate of drug-likeness (QED) is 0.489. The van der Waals surface area contributed by atoms with Gasteiger partial charge in [0.1, 0.15) is 0 Å². The van der Waals surface area contributed by atoms with Crippen molar-refractivity contribution in [1.29, 1.82) is 0 Å². The lowest BCUT2D eigenvalue weighted by Gasteiger charge is -1.93. The van der Waals surface area contributed by atoms with E-state index < -0.39 is 0 Å². The van der Waals surface area contributed by atoms with Crippen LogP contribution in [0.25, 0.3) is 0 Å². The van der Waals surface area contributed by atoms with Crippen molar-refractivity contribution in [2.45, 2.75) is 38.5 Å². The summed E-state index contributed by atoms with van der Waals surface area (Å²) in [4.78, 5) is 0. The molecule has 0 atom stereocenters. The van der Waals surface area contributed by atoms with E-state index in [1.807, 2.05) is 0 Å². The molecule has 0 aromatic rings. The summed E-state index contributed by atoms with van der Waals surface area (Å²) < 4.78 is 0. The second-order valence-electron chi connectivity index (χ2n) is 3.55. The number of hydrogen-bond donors (Lipinski definition) is 0. The molecular formula is C14H20. The Morgan fingerprint density at radius 3 is 1.93 bits per heavy atom. The van der Waals surface area contributed by atoms with Gasteiger partial charge in [0.25, 0.3) is 0 Å². The van der Waals surface area contributed by atoms with E-state index in [1.165, 1.54) is 25.7 Å². The first-order valence-electron chi connectivity index (χ1n) is 5.62. The number of rotatable bonds is 0. The van der Waals surface area contributed by atoms with Crippen LogP contribution in [0.3, 0.4) is 0 Å². The fourth-order valence-corrected chi connectivity index (χ4v) is 1.42. The van der Waals surface area contributed by atoms with Gasteiger partial charge in [-0.05, 0) is 38.5 Å². The molecule has 0 N–H and O–H groups in total. The first-order chi connectivity index (χ1) is 7.00. The maximum atomic E-state index is 2.30. The molecule has 0 aliphatic heterocycles. The number of allylic oxidation sites excluding steroid dienone is 8. The molecule has 0 spiro atoms. The van der Waals surface area contributed by atoms with Gasteiger partial charge in [0.05, 0.1) is 0 Å². The highest BCUT2D eigenvalue weighted by Gasteiger charge is 1.83. The molecule has 0 fully saturated rings. The second kappa shape index (κ2) is 8.55. The van der Waals surface area contributed by atoms with Crippen LogP contribution in [0.5, 0.6) is 0 Å². The monoisotopic (exact) mass is 188 g/mol. The van der Waals surface area contributed by atoms with Gasteiger partial charge in [0.2, 0.25) is 0 Å². The Morgan fingerprint density at radius 2 is 1.07 bits per heavy atom. The summed E-state index contributed by atoms with van der Waals surface area (Å²) in [5.41, 5.74) is 0. The number of hydrogen-bond acceptors (Lipinski definition) is 0. The lowest BCUT2D eigenvalue weighted by molar-refractivity contribution is 0.761. The summed E-state index contributed by atoms with van der Waals surface area (Å²) in [6, 6.07) is 0. The van der Waals surface area contributed by atoms with Crippen LogP contribution in [-0.4, -0.2) is 0 Å². The van der Waals surface area contributed by atoms with Crippen molar-refractivity contribution < 1.29 is 0 Å². The first kappa shape index (κ1) is 11.0. The predicted octanol–water partition coefficient (Wildman–Crippen LogP) is 4.57. The van der Waals surface area contributed by atoms with E-state index in [4.69, 9.17) is 0 Å². The topological polar surface area (TPSA) is 0 Å². The molecule has 0 heterocycles. The maximum absolute atomic E-state index is 2.30. The zero-order chi connectivity index (χ0) is 9.90. The summed E-state index contributed by atoms with van der Waals surface area (Å²) in [5.74, 6) is 0. The van der Waals surface area contributed by atoms with Gasteiger partial charge in [-0.3, -0.25) is 0 Å². The van der Waals surface area contributed by atoms with E-state index in [9.17, 15) is 0 Å². The molecule has 76 valence electrons. The van der Waals surface area contributed by atoms with Crippen molar-refractivity contribution in [3.8, 4) is 0 Å². The lowest BCUT2D eigenvalue weighted by Crippen LogP contribution is -1.72. The summed E-state index contributed by atoms with van der Waals surface area (Å²) in [5, 5.41) is 0. The third-order valence-electron chi connectivity index (χ3n) is 2.25. The Balaban J connectivity index is 2.35. The van der Waals surface area contributed by atoms with E-state index >= 15 is 0 Å². The lowest BCUT2D eigenvalue weighted by atomic mass is 10.1. The van der Waals surface area contributed by atoms with Crippen LogP contribution in [-0.2, 0) is 0 Å². The van der Waals surface area contributed by atoms with Crippen LogP contribution in [0.2, 0.25) is 0 Å². The van der Waals surface area contributed by atoms with Gasteiger partial charge in [0.15, 0.2) is 0 Å². The zero-order valence-electron chi connectivity index (χ0n) is 8.86. The molecule has 0 aromatic carbocycles. The zero-order valence-corrected chi connectivity index (χ0v) is 8.86. The van der Waals surface area contributed by atoms with Gasteiger partial charge >= 0.3 is 0 Å². The van der Waals surface area contributed by atoms with Crippen LogP contribution in [0.4, 0.5) is 0 Å². The van der Waals surface area contributed by atoms with Gasteiger partial charge in [-0.1, -0.05) is 48.6 Å². The van der Waals surface area contributed by atoms with Crippen molar-refractivity contribution in [2.75, 3.05) is 0 Å². The molecule has 0 radical (unpaired) electrons. The minimum atomic E-state index is 1.05. The highest BCUT2D eigenvalue weighted by Crippen LogP contribution is 2.03. The summed E-state index contributed by atoms with van der Waals surface area (Å²) in [6.45, 7) is 0. The summed E-state index contributed by atoms with van der Waals surface area (Å²) >= 11 is 0. The molecule has 0 nitrogen and oxygen atoms in total. The Kier molecular flexibility index (Phi) is 6.74. The largest absolute Gasteiger partial charge is 0.0882 e. The van der Waals surface area contributed by atoms with Crippen LogP contribution in [0.15, 0.2) is 48.6 Å². The van der Waals surface area contributed by atoms with Gasteiger partial charge in [-0.25, -0.2) is 0 Å². The Labute approximate surface area is 87.7 Å². The van der Waals surface area contributed by atoms with Crippen molar-refractivity contribution in [2.24, 2.45) is 0 Å². The van der Waals surface area contributed by atoms with Crippen molar-refractivity contribution in [1.82, 2.24) is 0 Å². The highest BCUT2D eigenvalue weighted by atomic mass is 13.9.